The van der Waals surface area contributed by atoms with Crippen LogP contribution in [0.2, 0.25) is 0 Å². The number of H-pyrrole nitrogens is 1. The van der Waals surface area contributed by atoms with Crippen molar-refractivity contribution in [2.24, 2.45) is 0 Å². The highest BCUT2D eigenvalue weighted by Gasteiger charge is 2.35. The molecule has 2 aromatic rings. The SMILES string of the molecule is c1cc(-c2n[nH]c3c2[C@@H]2CC[C@@H](C3)N2)ccn1. The molecular formula is C13H14N4. The Hall–Kier alpha value is -1.68. The third-order valence-corrected chi connectivity index (χ3v) is 3.88. The van der Waals surface area contributed by atoms with Crippen LogP contribution in [0, 0.1) is 0 Å². The van der Waals surface area contributed by atoms with Gasteiger partial charge in [0.25, 0.3) is 0 Å². The smallest absolute Gasteiger partial charge is 0.0972 e. The normalized spacial score (nSPS) is 25.9. The first kappa shape index (κ1) is 9.36. The van der Waals surface area contributed by atoms with E-state index in [2.05, 4.69) is 20.5 Å². The quantitative estimate of drug-likeness (QED) is 0.780. The Bertz CT molecular complexity index is 546. The number of nitrogens with zero attached hydrogens (tertiary/aromatic N) is 2. The van der Waals surface area contributed by atoms with E-state index in [0.717, 1.165) is 17.7 Å². The molecule has 1 fully saturated rings. The minimum Gasteiger partial charge on any atom is -0.307 e. The van der Waals surface area contributed by atoms with E-state index >= 15 is 0 Å². The maximum Gasteiger partial charge on any atom is 0.0972 e. The molecule has 86 valence electrons. The van der Waals surface area contributed by atoms with Crippen molar-refractivity contribution < 1.29 is 0 Å². The van der Waals surface area contributed by atoms with Crippen LogP contribution in [0.3, 0.4) is 0 Å². The van der Waals surface area contributed by atoms with Crippen LogP contribution < -0.4 is 5.32 Å². The lowest BCUT2D eigenvalue weighted by molar-refractivity contribution is 0.511. The maximum atomic E-state index is 4.49. The average Bonchev–Trinajstić information content (AvgIpc) is 2.96. The van der Waals surface area contributed by atoms with Gasteiger partial charge in [0, 0.05) is 47.7 Å². The van der Waals surface area contributed by atoms with Gasteiger partial charge in [-0.1, -0.05) is 0 Å². The third-order valence-electron chi connectivity index (χ3n) is 3.88. The topological polar surface area (TPSA) is 53.6 Å². The first-order valence-corrected chi connectivity index (χ1v) is 6.15. The van der Waals surface area contributed by atoms with E-state index in [1.807, 2.05) is 24.5 Å². The highest BCUT2D eigenvalue weighted by Crippen LogP contribution is 2.39. The summed E-state index contributed by atoms with van der Waals surface area (Å²) in [5.41, 5.74) is 4.96. The summed E-state index contributed by atoms with van der Waals surface area (Å²) in [7, 11) is 0. The van der Waals surface area contributed by atoms with Crippen LogP contribution in [0.15, 0.2) is 24.5 Å². The number of hydrogen-bond donors (Lipinski definition) is 2. The van der Waals surface area contributed by atoms with E-state index in [0.29, 0.717) is 12.1 Å². The van der Waals surface area contributed by atoms with Gasteiger partial charge >= 0.3 is 0 Å². The Labute approximate surface area is 99.5 Å². The Morgan fingerprint density at radius 3 is 2.94 bits per heavy atom. The number of nitrogens with one attached hydrogen (secondary N) is 2. The monoisotopic (exact) mass is 226 g/mol. The van der Waals surface area contributed by atoms with Gasteiger partial charge < -0.3 is 5.32 Å². The van der Waals surface area contributed by atoms with Crippen molar-refractivity contribution in [2.45, 2.75) is 31.3 Å². The van der Waals surface area contributed by atoms with E-state index in [4.69, 9.17) is 0 Å². The zero-order valence-electron chi connectivity index (χ0n) is 9.48. The van der Waals surface area contributed by atoms with Gasteiger partial charge in [0.15, 0.2) is 0 Å². The van der Waals surface area contributed by atoms with Crippen LogP contribution in [0.25, 0.3) is 11.3 Å². The van der Waals surface area contributed by atoms with Crippen molar-refractivity contribution in [3.63, 3.8) is 0 Å². The first-order chi connectivity index (χ1) is 8.42. The van der Waals surface area contributed by atoms with E-state index in [1.54, 1.807) is 0 Å². The molecule has 0 amide bonds. The molecule has 2 aliphatic heterocycles. The predicted octanol–water partition coefficient (Wildman–Crippen LogP) is 1.82. The summed E-state index contributed by atoms with van der Waals surface area (Å²) in [5.74, 6) is 0. The molecule has 0 aromatic carbocycles. The molecule has 4 heteroatoms. The van der Waals surface area contributed by atoms with Crippen LogP contribution in [0.4, 0.5) is 0 Å². The summed E-state index contributed by atoms with van der Waals surface area (Å²) in [4.78, 5) is 4.06. The van der Waals surface area contributed by atoms with Crippen LogP contribution >= 0.6 is 0 Å². The Kier molecular flexibility index (Phi) is 1.87. The molecule has 17 heavy (non-hydrogen) atoms. The number of hydrogen-bond acceptors (Lipinski definition) is 3. The minimum absolute atomic E-state index is 0.491. The molecule has 2 atom stereocenters. The average molecular weight is 226 g/mol. The third kappa shape index (κ3) is 1.34. The zero-order valence-corrected chi connectivity index (χ0v) is 9.48. The predicted molar refractivity (Wildman–Crippen MR) is 64.4 cm³/mol. The fourth-order valence-electron chi connectivity index (χ4n) is 3.10. The molecule has 0 saturated carbocycles. The number of aromatic amines is 1. The zero-order chi connectivity index (χ0) is 11.2. The van der Waals surface area contributed by atoms with E-state index in [1.165, 1.54) is 24.1 Å². The second kappa shape index (κ2) is 3.40. The van der Waals surface area contributed by atoms with Gasteiger partial charge in [0.2, 0.25) is 0 Å². The lowest BCUT2D eigenvalue weighted by atomic mass is 9.97. The molecule has 1 saturated heterocycles. The standard InChI is InChI=1S/C13H14N4/c1-2-10-12-11(7-9(1)15-10)16-17-13(12)8-3-5-14-6-4-8/h3-6,9-10,15H,1-2,7H2,(H,16,17)/t9-,10-/m0/s1. The van der Waals surface area contributed by atoms with E-state index < -0.39 is 0 Å². The van der Waals surface area contributed by atoms with Gasteiger partial charge in [-0.15, -0.1) is 0 Å². The minimum atomic E-state index is 0.491. The Morgan fingerprint density at radius 1 is 1.18 bits per heavy atom. The molecule has 4 rings (SSSR count). The number of rotatable bonds is 1. The first-order valence-electron chi connectivity index (χ1n) is 6.15. The van der Waals surface area contributed by atoms with E-state index in [9.17, 15) is 0 Å². The molecule has 2 N–H and O–H groups in total. The number of fused-ring (bicyclic) bond motifs is 4. The second-order valence-corrected chi connectivity index (χ2v) is 4.90. The van der Waals surface area contributed by atoms with Gasteiger partial charge in [-0.25, -0.2) is 0 Å². The van der Waals surface area contributed by atoms with Crippen molar-refractivity contribution in [1.82, 2.24) is 20.5 Å². The number of aromatic nitrogens is 3. The summed E-state index contributed by atoms with van der Waals surface area (Å²) in [6, 6.07) is 5.19. The highest BCUT2D eigenvalue weighted by molar-refractivity contribution is 5.65. The Morgan fingerprint density at radius 2 is 2.06 bits per heavy atom. The lowest BCUT2D eigenvalue weighted by Crippen LogP contribution is -2.31. The molecule has 0 spiro atoms. The Balaban J connectivity index is 1.87. The van der Waals surface area contributed by atoms with Gasteiger partial charge in [0.05, 0.1) is 5.69 Å². The van der Waals surface area contributed by atoms with Gasteiger partial charge in [-0.3, -0.25) is 10.1 Å². The van der Waals surface area contributed by atoms with Gasteiger partial charge in [-0.05, 0) is 25.0 Å². The molecule has 0 unspecified atom stereocenters. The van der Waals surface area contributed by atoms with Crippen LogP contribution in [0.1, 0.15) is 30.1 Å². The fraction of sp³-hybridized carbons (Fsp3) is 0.385. The molecule has 4 heterocycles. The highest BCUT2D eigenvalue weighted by atomic mass is 15.2. The fourth-order valence-corrected chi connectivity index (χ4v) is 3.10. The summed E-state index contributed by atoms with van der Waals surface area (Å²) in [6.07, 6.45) is 7.25. The molecule has 2 aromatic heterocycles. The maximum absolute atomic E-state index is 4.49. The van der Waals surface area contributed by atoms with E-state index in [-0.39, 0.29) is 0 Å². The molecule has 0 radical (unpaired) electrons. The van der Waals surface area contributed by atoms with Gasteiger partial charge in [0.1, 0.15) is 0 Å². The molecule has 2 bridgehead atoms. The lowest BCUT2D eigenvalue weighted by Gasteiger charge is -2.21. The van der Waals surface area contributed by atoms with Crippen LogP contribution in [-0.2, 0) is 6.42 Å². The van der Waals surface area contributed by atoms with Crippen molar-refractivity contribution in [3.05, 3.63) is 35.8 Å². The molecule has 2 aliphatic rings. The van der Waals surface area contributed by atoms with Crippen molar-refractivity contribution in [1.29, 1.82) is 0 Å². The van der Waals surface area contributed by atoms with Crippen molar-refractivity contribution in [3.8, 4) is 11.3 Å². The largest absolute Gasteiger partial charge is 0.307 e. The summed E-state index contributed by atoms with van der Waals surface area (Å²) >= 11 is 0. The molecule has 0 aliphatic carbocycles. The van der Waals surface area contributed by atoms with Crippen molar-refractivity contribution >= 4 is 0 Å². The van der Waals surface area contributed by atoms with Crippen molar-refractivity contribution in [2.75, 3.05) is 0 Å². The summed E-state index contributed by atoms with van der Waals surface area (Å²) < 4.78 is 0. The second-order valence-electron chi connectivity index (χ2n) is 4.90. The summed E-state index contributed by atoms with van der Waals surface area (Å²) in [6.45, 7) is 0. The number of pyridine rings is 1. The summed E-state index contributed by atoms with van der Waals surface area (Å²) in [5, 5.41) is 11.4. The van der Waals surface area contributed by atoms with Crippen LogP contribution in [0.5, 0.6) is 0 Å². The van der Waals surface area contributed by atoms with Gasteiger partial charge in [-0.2, -0.15) is 5.10 Å². The van der Waals surface area contributed by atoms with Crippen LogP contribution in [-0.4, -0.2) is 21.2 Å². The molecule has 4 nitrogen and oxygen atoms in total. The molecular weight excluding hydrogens is 212 g/mol.